The number of hydrogen-bond acceptors (Lipinski definition) is 4. The number of aromatic amines is 1. The van der Waals surface area contributed by atoms with E-state index >= 15 is 0 Å². The van der Waals surface area contributed by atoms with Gasteiger partial charge in [-0.1, -0.05) is 30.3 Å². The smallest absolute Gasteiger partial charge is 0.340 e. The van der Waals surface area contributed by atoms with Crippen LogP contribution in [0.4, 0.5) is 0 Å². The lowest BCUT2D eigenvalue weighted by atomic mass is 10.0. The minimum atomic E-state index is -0.532. The van der Waals surface area contributed by atoms with Gasteiger partial charge in [-0.05, 0) is 19.4 Å². The van der Waals surface area contributed by atoms with Crippen molar-refractivity contribution in [2.24, 2.45) is 0 Å². The molecule has 0 bridgehead atoms. The Morgan fingerprint density at radius 2 is 1.62 bits per heavy atom. The fourth-order valence-corrected chi connectivity index (χ4v) is 2.64. The number of aryl methyl sites for hydroxylation is 2. The summed E-state index contributed by atoms with van der Waals surface area (Å²) in [5, 5.41) is 0. The van der Waals surface area contributed by atoms with Crippen molar-refractivity contribution in [3.63, 3.8) is 0 Å². The molecule has 0 radical (unpaired) electrons. The van der Waals surface area contributed by atoms with E-state index in [-0.39, 0.29) is 11.3 Å². The predicted octanol–water partition coefficient (Wildman–Crippen LogP) is 3.37. The summed E-state index contributed by atoms with van der Waals surface area (Å²) in [6.07, 6.45) is 1.92. The number of esters is 1. The van der Waals surface area contributed by atoms with Gasteiger partial charge in [0, 0.05) is 23.9 Å². The summed E-state index contributed by atoms with van der Waals surface area (Å²) in [5.74, 6) is -0.291. The van der Waals surface area contributed by atoms with Gasteiger partial charge in [-0.25, -0.2) is 4.79 Å². The third-order valence-electron chi connectivity index (χ3n) is 3.79. The average Bonchev–Trinajstić information content (AvgIpc) is 2.88. The van der Waals surface area contributed by atoms with Crippen LogP contribution in [0.1, 0.15) is 37.7 Å². The maximum atomic E-state index is 12.7. The lowest BCUT2D eigenvalue weighted by molar-refractivity contribution is 0.0597. The molecule has 2 aromatic rings. The number of ketones is 1. The van der Waals surface area contributed by atoms with Crippen molar-refractivity contribution in [3.8, 4) is 0 Å². The van der Waals surface area contributed by atoms with Gasteiger partial charge in [0.1, 0.15) is 5.76 Å². The number of carbonyl (C=O) groups is 2. The Kier molecular flexibility index (Phi) is 5.58. The number of rotatable bonds is 6. The molecule has 0 saturated heterocycles. The third kappa shape index (κ3) is 3.74. The van der Waals surface area contributed by atoms with Crippen LogP contribution in [0.5, 0.6) is 0 Å². The number of hydrogen-bond donors (Lipinski definition) is 1. The number of nitrogens with one attached hydrogen (secondary N) is 1. The van der Waals surface area contributed by atoms with E-state index in [9.17, 15) is 9.59 Å². The first-order valence-corrected chi connectivity index (χ1v) is 7.58. The fraction of sp³-hybridized carbons (Fsp3) is 0.263. The van der Waals surface area contributed by atoms with E-state index in [1.807, 2.05) is 30.3 Å². The van der Waals surface area contributed by atoms with Crippen molar-refractivity contribution < 1.29 is 19.1 Å². The van der Waals surface area contributed by atoms with E-state index in [0.29, 0.717) is 29.1 Å². The molecule has 5 heteroatoms. The summed E-state index contributed by atoms with van der Waals surface area (Å²) in [6.45, 7) is 3.49. The second-order valence-corrected chi connectivity index (χ2v) is 5.46. The number of benzene rings is 1. The second kappa shape index (κ2) is 7.64. The summed E-state index contributed by atoms with van der Waals surface area (Å²) >= 11 is 0. The molecule has 1 N–H and O–H groups in total. The molecular formula is C19H21NO4. The monoisotopic (exact) mass is 327 g/mol. The van der Waals surface area contributed by atoms with Crippen molar-refractivity contribution in [3.05, 3.63) is 70.2 Å². The van der Waals surface area contributed by atoms with Crippen molar-refractivity contribution >= 4 is 11.8 Å². The largest absolute Gasteiger partial charge is 0.501 e. The van der Waals surface area contributed by atoms with Crippen LogP contribution in [0.25, 0.3) is 0 Å². The molecule has 0 atom stereocenters. The van der Waals surface area contributed by atoms with Crippen LogP contribution in [0.2, 0.25) is 0 Å². The Morgan fingerprint density at radius 3 is 2.21 bits per heavy atom. The van der Waals surface area contributed by atoms with Gasteiger partial charge < -0.3 is 14.5 Å². The fourth-order valence-electron chi connectivity index (χ4n) is 2.64. The third-order valence-corrected chi connectivity index (χ3v) is 3.79. The molecule has 24 heavy (non-hydrogen) atoms. The number of methoxy groups -OCH3 is 2. The molecule has 0 amide bonds. The van der Waals surface area contributed by atoms with Gasteiger partial charge in [0.25, 0.3) is 0 Å². The number of carbonyl (C=O) groups excluding carboxylic acids is 2. The van der Waals surface area contributed by atoms with Gasteiger partial charge in [0.15, 0.2) is 5.78 Å². The first-order chi connectivity index (χ1) is 11.5. The molecule has 126 valence electrons. The Hall–Kier alpha value is -2.82. The first-order valence-electron chi connectivity index (χ1n) is 7.58. The summed E-state index contributed by atoms with van der Waals surface area (Å²) < 4.78 is 10.1. The Bertz CT molecular complexity index is 772. The zero-order valence-electron chi connectivity index (χ0n) is 14.3. The molecule has 0 fully saturated rings. The lowest BCUT2D eigenvalue weighted by Gasteiger charge is -2.07. The molecular weight excluding hydrogens is 306 g/mol. The molecule has 1 heterocycles. The molecule has 0 aliphatic rings. The highest BCUT2D eigenvalue weighted by molar-refractivity contribution is 6.13. The number of H-pyrrole nitrogens is 1. The Morgan fingerprint density at radius 1 is 1.00 bits per heavy atom. The summed E-state index contributed by atoms with van der Waals surface area (Å²) in [7, 11) is 2.82. The minimum Gasteiger partial charge on any atom is -0.501 e. The zero-order chi connectivity index (χ0) is 17.7. The molecule has 1 aromatic carbocycles. The molecule has 5 nitrogen and oxygen atoms in total. The van der Waals surface area contributed by atoms with E-state index in [1.54, 1.807) is 13.8 Å². The van der Waals surface area contributed by atoms with Crippen LogP contribution < -0.4 is 0 Å². The van der Waals surface area contributed by atoms with Gasteiger partial charge in [0.2, 0.25) is 0 Å². The predicted molar refractivity (Wildman–Crippen MR) is 91.2 cm³/mol. The van der Waals surface area contributed by atoms with E-state index in [2.05, 4.69) is 4.98 Å². The van der Waals surface area contributed by atoms with E-state index < -0.39 is 5.97 Å². The normalized spacial score (nSPS) is 11.2. The van der Waals surface area contributed by atoms with Gasteiger partial charge in [-0.15, -0.1) is 0 Å². The minimum absolute atomic E-state index is 0.270. The molecule has 1 aromatic heterocycles. The first kappa shape index (κ1) is 17.5. The van der Waals surface area contributed by atoms with Crippen LogP contribution in [-0.4, -0.2) is 31.0 Å². The second-order valence-electron chi connectivity index (χ2n) is 5.46. The standard InChI is InChI=1S/C19H21NO4/c1-12-17(18(13(2)20-12)19(22)24-4)16(21)11-15(23-3)10-14-8-6-5-7-9-14/h5-9,11,20H,10H2,1-4H3. The van der Waals surface area contributed by atoms with Gasteiger partial charge in [-0.3, -0.25) is 4.79 Å². The van der Waals surface area contributed by atoms with Gasteiger partial charge in [0.05, 0.1) is 25.3 Å². The highest BCUT2D eigenvalue weighted by Gasteiger charge is 2.24. The number of allylic oxidation sites excluding steroid dienone is 2. The number of aromatic nitrogens is 1. The topological polar surface area (TPSA) is 68.4 Å². The van der Waals surface area contributed by atoms with Crippen LogP contribution in [0.15, 0.2) is 42.2 Å². The highest BCUT2D eigenvalue weighted by Crippen LogP contribution is 2.21. The van der Waals surface area contributed by atoms with Crippen molar-refractivity contribution in [1.82, 2.24) is 4.98 Å². The quantitative estimate of drug-likeness (QED) is 0.382. The summed E-state index contributed by atoms with van der Waals surface area (Å²) in [4.78, 5) is 27.7. The van der Waals surface area contributed by atoms with Crippen LogP contribution >= 0.6 is 0 Å². The zero-order valence-corrected chi connectivity index (χ0v) is 14.3. The van der Waals surface area contributed by atoms with Crippen molar-refractivity contribution in [1.29, 1.82) is 0 Å². The van der Waals surface area contributed by atoms with E-state index in [4.69, 9.17) is 9.47 Å². The van der Waals surface area contributed by atoms with Crippen molar-refractivity contribution in [2.75, 3.05) is 14.2 Å². The molecule has 2 rings (SSSR count). The molecule has 0 spiro atoms. The maximum absolute atomic E-state index is 12.7. The average molecular weight is 327 g/mol. The lowest BCUT2D eigenvalue weighted by Crippen LogP contribution is -2.10. The van der Waals surface area contributed by atoms with Gasteiger partial charge in [-0.2, -0.15) is 0 Å². The molecule has 0 saturated carbocycles. The van der Waals surface area contributed by atoms with Gasteiger partial charge >= 0.3 is 5.97 Å². The van der Waals surface area contributed by atoms with Crippen LogP contribution in [-0.2, 0) is 15.9 Å². The van der Waals surface area contributed by atoms with E-state index in [0.717, 1.165) is 5.56 Å². The molecule has 0 unspecified atom stereocenters. The van der Waals surface area contributed by atoms with Crippen LogP contribution in [0, 0.1) is 13.8 Å². The highest BCUT2D eigenvalue weighted by atomic mass is 16.5. The summed E-state index contributed by atoms with van der Waals surface area (Å²) in [5.41, 5.74) is 2.87. The van der Waals surface area contributed by atoms with Crippen LogP contribution in [0.3, 0.4) is 0 Å². The SMILES string of the molecule is COC(=O)c1c(C)[nH]c(C)c1C(=O)C=C(Cc1ccccc1)OC. The Labute approximate surface area is 141 Å². The van der Waals surface area contributed by atoms with E-state index in [1.165, 1.54) is 20.3 Å². The Balaban J connectivity index is 2.35. The van der Waals surface area contributed by atoms with Crippen molar-refractivity contribution in [2.45, 2.75) is 20.3 Å². The number of ether oxygens (including phenoxy) is 2. The molecule has 0 aliphatic heterocycles. The summed E-state index contributed by atoms with van der Waals surface area (Å²) in [6, 6.07) is 9.71. The maximum Gasteiger partial charge on any atom is 0.340 e. The molecule has 0 aliphatic carbocycles.